The molecule has 1 aromatic heterocycles. The van der Waals surface area contributed by atoms with Gasteiger partial charge in [0.1, 0.15) is 0 Å². The third-order valence-electron chi connectivity index (χ3n) is 2.89. The minimum absolute atomic E-state index is 0.229. The van der Waals surface area contributed by atoms with Crippen LogP contribution in [-0.4, -0.2) is 21.9 Å². The van der Waals surface area contributed by atoms with Crippen molar-refractivity contribution in [2.24, 2.45) is 5.92 Å². The van der Waals surface area contributed by atoms with Crippen LogP contribution in [0.4, 0.5) is 0 Å². The van der Waals surface area contributed by atoms with E-state index >= 15 is 0 Å². The van der Waals surface area contributed by atoms with Crippen molar-refractivity contribution in [2.45, 2.75) is 59.5 Å². The van der Waals surface area contributed by atoms with Crippen molar-refractivity contribution >= 4 is 0 Å². The van der Waals surface area contributed by atoms with Crippen molar-refractivity contribution in [3.8, 4) is 0 Å². The summed E-state index contributed by atoms with van der Waals surface area (Å²) >= 11 is 0. The van der Waals surface area contributed by atoms with Gasteiger partial charge in [-0.15, -0.1) is 0 Å². The summed E-state index contributed by atoms with van der Waals surface area (Å²) in [6.07, 6.45) is 6.51. The van der Waals surface area contributed by atoms with Crippen LogP contribution in [0.15, 0.2) is 12.4 Å². The lowest BCUT2D eigenvalue weighted by atomic mass is 9.99. The van der Waals surface area contributed by atoms with Gasteiger partial charge in [-0.2, -0.15) is 5.10 Å². The fourth-order valence-corrected chi connectivity index (χ4v) is 1.88. The average molecular weight is 237 g/mol. The van der Waals surface area contributed by atoms with Gasteiger partial charge in [-0.25, -0.2) is 0 Å². The zero-order valence-corrected chi connectivity index (χ0v) is 12.0. The van der Waals surface area contributed by atoms with E-state index in [9.17, 15) is 0 Å². The number of nitrogens with one attached hydrogen (secondary N) is 1. The molecule has 3 heteroatoms. The molecule has 0 radical (unpaired) electrons. The molecule has 98 valence electrons. The maximum absolute atomic E-state index is 4.31. The SMILES string of the molecule is CCn1cc(CC(C)CCNC(C)(C)C)cn1. The van der Waals surface area contributed by atoms with E-state index in [1.54, 1.807) is 0 Å². The number of nitrogens with zero attached hydrogens (tertiary/aromatic N) is 2. The second kappa shape index (κ2) is 6.20. The summed E-state index contributed by atoms with van der Waals surface area (Å²) in [5.74, 6) is 0.708. The quantitative estimate of drug-likeness (QED) is 0.824. The Labute approximate surface area is 106 Å². The van der Waals surface area contributed by atoms with Crippen LogP contribution >= 0.6 is 0 Å². The Morgan fingerprint density at radius 3 is 2.65 bits per heavy atom. The molecule has 0 saturated carbocycles. The van der Waals surface area contributed by atoms with E-state index in [4.69, 9.17) is 0 Å². The van der Waals surface area contributed by atoms with Crippen LogP contribution in [0.2, 0.25) is 0 Å². The Kier molecular flexibility index (Phi) is 5.19. The lowest BCUT2D eigenvalue weighted by Crippen LogP contribution is -2.37. The minimum atomic E-state index is 0.229. The zero-order chi connectivity index (χ0) is 12.9. The van der Waals surface area contributed by atoms with Crippen LogP contribution in [0.25, 0.3) is 0 Å². The molecule has 1 N–H and O–H groups in total. The van der Waals surface area contributed by atoms with Crippen molar-refractivity contribution in [3.63, 3.8) is 0 Å². The molecular formula is C14H27N3. The van der Waals surface area contributed by atoms with Crippen LogP contribution < -0.4 is 5.32 Å². The average Bonchev–Trinajstić information content (AvgIpc) is 2.63. The zero-order valence-electron chi connectivity index (χ0n) is 12.0. The van der Waals surface area contributed by atoms with E-state index in [2.05, 4.69) is 51.2 Å². The van der Waals surface area contributed by atoms with Gasteiger partial charge in [0, 0.05) is 18.3 Å². The summed E-state index contributed by atoms with van der Waals surface area (Å²) in [6, 6.07) is 0. The summed E-state index contributed by atoms with van der Waals surface area (Å²) in [6.45, 7) is 13.1. The van der Waals surface area contributed by atoms with Crippen molar-refractivity contribution in [2.75, 3.05) is 6.54 Å². The molecule has 0 aliphatic heterocycles. The fraction of sp³-hybridized carbons (Fsp3) is 0.786. The topological polar surface area (TPSA) is 29.9 Å². The van der Waals surface area contributed by atoms with Gasteiger partial charge in [0.15, 0.2) is 0 Å². The number of rotatable bonds is 6. The van der Waals surface area contributed by atoms with Gasteiger partial charge < -0.3 is 5.32 Å². The van der Waals surface area contributed by atoms with Gasteiger partial charge in [0.25, 0.3) is 0 Å². The number of aromatic nitrogens is 2. The molecule has 0 aliphatic carbocycles. The summed E-state index contributed by atoms with van der Waals surface area (Å²) in [5, 5.41) is 7.84. The first kappa shape index (κ1) is 14.2. The molecule has 1 heterocycles. The first-order chi connectivity index (χ1) is 7.90. The molecule has 0 amide bonds. The third kappa shape index (κ3) is 5.87. The van der Waals surface area contributed by atoms with Gasteiger partial charge in [-0.3, -0.25) is 4.68 Å². The molecular weight excluding hydrogens is 210 g/mol. The predicted octanol–water partition coefficient (Wildman–Crippen LogP) is 2.86. The monoisotopic (exact) mass is 237 g/mol. The largest absolute Gasteiger partial charge is 0.312 e. The van der Waals surface area contributed by atoms with E-state index in [0.717, 1.165) is 19.5 Å². The Hall–Kier alpha value is -0.830. The van der Waals surface area contributed by atoms with Crippen molar-refractivity contribution < 1.29 is 0 Å². The highest BCUT2D eigenvalue weighted by atomic mass is 15.3. The minimum Gasteiger partial charge on any atom is -0.312 e. The normalized spacial score (nSPS) is 13.9. The Bertz CT molecular complexity index is 322. The lowest BCUT2D eigenvalue weighted by molar-refractivity contribution is 0.394. The second-order valence-electron chi connectivity index (χ2n) is 5.98. The maximum Gasteiger partial charge on any atom is 0.0521 e. The first-order valence-corrected chi connectivity index (χ1v) is 6.67. The Morgan fingerprint density at radius 2 is 2.12 bits per heavy atom. The molecule has 1 atom stereocenters. The standard InChI is InChI=1S/C14H27N3/c1-6-17-11-13(10-16-17)9-12(2)7-8-15-14(3,4)5/h10-12,15H,6-9H2,1-5H3. The van der Waals surface area contributed by atoms with E-state index in [1.165, 1.54) is 12.0 Å². The second-order valence-corrected chi connectivity index (χ2v) is 5.98. The number of aryl methyl sites for hydroxylation is 1. The third-order valence-corrected chi connectivity index (χ3v) is 2.89. The molecule has 0 aliphatic rings. The van der Waals surface area contributed by atoms with Crippen molar-refractivity contribution in [1.82, 2.24) is 15.1 Å². The van der Waals surface area contributed by atoms with Gasteiger partial charge in [0.05, 0.1) is 6.20 Å². The predicted molar refractivity (Wildman–Crippen MR) is 73.1 cm³/mol. The molecule has 17 heavy (non-hydrogen) atoms. The maximum atomic E-state index is 4.31. The lowest BCUT2D eigenvalue weighted by Gasteiger charge is -2.21. The van der Waals surface area contributed by atoms with E-state index < -0.39 is 0 Å². The van der Waals surface area contributed by atoms with Gasteiger partial charge in [-0.05, 0) is 58.6 Å². The molecule has 0 fully saturated rings. The van der Waals surface area contributed by atoms with Crippen LogP contribution in [0.1, 0.15) is 46.6 Å². The van der Waals surface area contributed by atoms with Crippen LogP contribution in [0.3, 0.4) is 0 Å². The fourth-order valence-electron chi connectivity index (χ4n) is 1.88. The molecule has 0 bridgehead atoms. The molecule has 0 spiro atoms. The highest BCUT2D eigenvalue weighted by Crippen LogP contribution is 2.11. The summed E-state index contributed by atoms with van der Waals surface area (Å²) in [5.41, 5.74) is 1.59. The van der Waals surface area contributed by atoms with E-state index in [1.807, 2.05) is 10.9 Å². The molecule has 1 rings (SSSR count). The van der Waals surface area contributed by atoms with Crippen LogP contribution in [0.5, 0.6) is 0 Å². The van der Waals surface area contributed by atoms with Crippen LogP contribution in [-0.2, 0) is 13.0 Å². The highest BCUT2D eigenvalue weighted by Gasteiger charge is 2.10. The van der Waals surface area contributed by atoms with E-state index in [0.29, 0.717) is 5.92 Å². The first-order valence-electron chi connectivity index (χ1n) is 6.67. The molecule has 0 aromatic carbocycles. The van der Waals surface area contributed by atoms with Gasteiger partial charge in [0.2, 0.25) is 0 Å². The van der Waals surface area contributed by atoms with Crippen LogP contribution in [0, 0.1) is 5.92 Å². The molecule has 0 saturated heterocycles. The molecule has 1 aromatic rings. The van der Waals surface area contributed by atoms with E-state index in [-0.39, 0.29) is 5.54 Å². The highest BCUT2D eigenvalue weighted by molar-refractivity contribution is 5.04. The number of hydrogen-bond acceptors (Lipinski definition) is 2. The van der Waals surface area contributed by atoms with Gasteiger partial charge >= 0.3 is 0 Å². The number of hydrogen-bond donors (Lipinski definition) is 1. The summed E-state index contributed by atoms with van der Waals surface area (Å²) in [7, 11) is 0. The summed E-state index contributed by atoms with van der Waals surface area (Å²) < 4.78 is 2.00. The Balaban J connectivity index is 2.27. The smallest absolute Gasteiger partial charge is 0.0521 e. The van der Waals surface area contributed by atoms with Crippen molar-refractivity contribution in [3.05, 3.63) is 18.0 Å². The molecule has 3 nitrogen and oxygen atoms in total. The summed E-state index contributed by atoms with van der Waals surface area (Å²) in [4.78, 5) is 0. The molecule has 1 unspecified atom stereocenters. The van der Waals surface area contributed by atoms with Crippen molar-refractivity contribution in [1.29, 1.82) is 0 Å². The van der Waals surface area contributed by atoms with Gasteiger partial charge in [-0.1, -0.05) is 6.92 Å². The Morgan fingerprint density at radius 1 is 1.41 bits per heavy atom.